The molecule has 0 aliphatic carbocycles. The van der Waals surface area contributed by atoms with Crippen LogP contribution >= 0.6 is 27.3 Å². The summed E-state index contributed by atoms with van der Waals surface area (Å²) in [5.41, 5.74) is 7.70. The second-order valence-electron chi connectivity index (χ2n) is 3.90. The molecular formula is C11H13BrN4OS. The van der Waals surface area contributed by atoms with Crippen LogP contribution in [0.15, 0.2) is 9.85 Å². The Morgan fingerprint density at radius 1 is 1.61 bits per heavy atom. The van der Waals surface area contributed by atoms with Crippen molar-refractivity contribution in [1.82, 2.24) is 14.8 Å². The van der Waals surface area contributed by atoms with Crippen molar-refractivity contribution in [3.05, 3.63) is 31.9 Å². The highest BCUT2D eigenvalue weighted by atomic mass is 79.9. The average molecular weight is 329 g/mol. The summed E-state index contributed by atoms with van der Waals surface area (Å²) in [6.45, 7) is 2.26. The monoisotopic (exact) mass is 328 g/mol. The molecular weight excluding hydrogens is 316 g/mol. The fourth-order valence-corrected chi connectivity index (χ4v) is 2.80. The molecule has 2 aromatic heterocycles. The van der Waals surface area contributed by atoms with Crippen LogP contribution in [0.5, 0.6) is 0 Å². The van der Waals surface area contributed by atoms with Crippen LogP contribution in [-0.4, -0.2) is 20.5 Å². The standard InChI is InChI=1S/C11H13BrN4OS/c1-6-11(12)8(16(2)15-6)3-9(17)7-5-18-10(4-13)14-7/h5H,3-4,13H2,1-2H3. The SMILES string of the molecule is Cc1nn(C)c(CC(=O)c2csc(CN)n2)c1Br. The van der Waals surface area contributed by atoms with E-state index >= 15 is 0 Å². The van der Waals surface area contributed by atoms with Crippen molar-refractivity contribution < 1.29 is 4.79 Å². The van der Waals surface area contributed by atoms with E-state index in [0.29, 0.717) is 12.2 Å². The summed E-state index contributed by atoms with van der Waals surface area (Å²) in [6, 6.07) is 0. The number of halogens is 1. The van der Waals surface area contributed by atoms with Gasteiger partial charge in [0, 0.05) is 19.0 Å². The van der Waals surface area contributed by atoms with Gasteiger partial charge in [-0.2, -0.15) is 5.10 Å². The number of thiazole rings is 1. The lowest BCUT2D eigenvalue weighted by atomic mass is 10.2. The Hall–Kier alpha value is -1.05. The summed E-state index contributed by atoms with van der Waals surface area (Å²) in [5, 5.41) is 6.79. The number of ketones is 1. The van der Waals surface area contributed by atoms with Gasteiger partial charge in [-0.3, -0.25) is 9.48 Å². The highest BCUT2D eigenvalue weighted by molar-refractivity contribution is 9.10. The minimum absolute atomic E-state index is 0.0188. The van der Waals surface area contributed by atoms with Crippen LogP contribution in [0.1, 0.15) is 26.9 Å². The maximum Gasteiger partial charge on any atom is 0.188 e. The topological polar surface area (TPSA) is 73.8 Å². The predicted molar refractivity (Wildman–Crippen MR) is 73.7 cm³/mol. The van der Waals surface area contributed by atoms with Crippen LogP contribution in [0.25, 0.3) is 0 Å². The van der Waals surface area contributed by atoms with Crippen LogP contribution in [0.4, 0.5) is 0 Å². The maximum atomic E-state index is 12.1. The number of carbonyl (C=O) groups excluding carboxylic acids is 1. The molecule has 0 amide bonds. The first kappa shape index (κ1) is 13.4. The molecule has 5 nitrogen and oxygen atoms in total. The molecule has 0 radical (unpaired) electrons. The van der Waals surface area contributed by atoms with Gasteiger partial charge in [-0.1, -0.05) is 0 Å². The Labute approximate surface area is 117 Å². The van der Waals surface area contributed by atoms with Crippen LogP contribution in [-0.2, 0) is 20.0 Å². The molecule has 2 heterocycles. The van der Waals surface area contributed by atoms with Crippen molar-refractivity contribution >= 4 is 33.0 Å². The molecule has 0 bridgehead atoms. The van der Waals surface area contributed by atoms with Crippen LogP contribution in [0.2, 0.25) is 0 Å². The number of nitrogens with zero attached hydrogens (tertiary/aromatic N) is 3. The number of hydrogen-bond acceptors (Lipinski definition) is 5. The Morgan fingerprint density at radius 2 is 2.33 bits per heavy atom. The smallest absolute Gasteiger partial charge is 0.188 e. The van der Waals surface area contributed by atoms with E-state index < -0.39 is 0 Å². The van der Waals surface area contributed by atoms with Gasteiger partial charge in [-0.15, -0.1) is 11.3 Å². The molecule has 0 saturated carbocycles. The van der Waals surface area contributed by atoms with Crippen molar-refractivity contribution in [3.63, 3.8) is 0 Å². The molecule has 0 atom stereocenters. The zero-order valence-electron chi connectivity index (χ0n) is 10.1. The molecule has 2 rings (SSSR count). The lowest BCUT2D eigenvalue weighted by molar-refractivity contribution is 0.0986. The first-order chi connectivity index (χ1) is 8.52. The molecule has 0 spiro atoms. The van der Waals surface area contributed by atoms with E-state index in [2.05, 4.69) is 26.0 Å². The highest BCUT2D eigenvalue weighted by Crippen LogP contribution is 2.22. The molecule has 96 valence electrons. The van der Waals surface area contributed by atoms with Crippen molar-refractivity contribution in [2.24, 2.45) is 12.8 Å². The predicted octanol–water partition coefficient (Wildman–Crippen LogP) is 1.83. The van der Waals surface area contributed by atoms with Gasteiger partial charge in [0.25, 0.3) is 0 Å². The third-order valence-electron chi connectivity index (χ3n) is 2.60. The number of aromatic nitrogens is 3. The zero-order valence-corrected chi connectivity index (χ0v) is 12.5. The van der Waals surface area contributed by atoms with E-state index in [-0.39, 0.29) is 12.2 Å². The van der Waals surface area contributed by atoms with Gasteiger partial charge in [0.1, 0.15) is 10.7 Å². The lowest BCUT2D eigenvalue weighted by Gasteiger charge is -2.00. The van der Waals surface area contributed by atoms with Crippen LogP contribution in [0, 0.1) is 6.92 Å². The van der Waals surface area contributed by atoms with Crippen molar-refractivity contribution in [1.29, 1.82) is 0 Å². The van der Waals surface area contributed by atoms with E-state index in [4.69, 9.17) is 5.73 Å². The fraction of sp³-hybridized carbons (Fsp3) is 0.364. The van der Waals surface area contributed by atoms with E-state index in [9.17, 15) is 4.79 Å². The van der Waals surface area contributed by atoms with Crippen molar-refractivity contribution in [2.45, 2.75) is 19.9 Å². The van der Waals surface area contributed by atoms with Gasteiger partial charge < -0.3 is 5.73 Å². The summed E-state index contributed by atoms with van der Waals surface area (Å²) in [7, 11) is 1.83. The molecule has 0 fully saturated rings. The molecule has 0 unspecified atom stereocenters. The lowest BCUT2D eigenvalue weighted by Crippen LogP contribution is -2.09. The first-order valence-electron chi connectivity index (χ1n) is 5.38. The quantitative estimate of drug-likeness (QED) is 0.869. The molecule has 0 aromatic carbocycles. The maximum absolute atomic E-state index is 12.1. The highest BCUT2D eigenvalue weighted by Gasteiger charge is 2.17. The summed E-state index contributed by atoms with van der Waals surface area (Å²) in [6.07, 6.45) is 0.283. The molecule has 2 N–H and O–H groups in total. The molecule has 2 aromatic rings. The van der Waals surface area contributed by atoms with E-state index in [0.717, 1.165) is 20.9 Å². The Morgan fingerprint density at radius 3 is 2.83 bits per heavy atom. The number of Topliss-reactive ketones (excluding diaryl/α,β-unsaturated/α-hetero) is 1. The van der Waals surface area contributed by atoms with Gasteiger partial charge >= 0.3 is 0 Å². The third-order valence-corrected chi connectivity index (χ3v) is 4.50. The Kier molecular flexibility index (Phi) is 3.94. The molecule has 0 saturated heterocycles. The third kappa shape index (κ3) is 2.52. The number of hydrogen-bond donors (Lipinski definition) is 1. The zero-order chi connectivity index (χ0) is 13.3. The normalized spacial score (nSPS) is 10.9. The summed E-state index contributed by atoms with van der Waals surface area (Å²) in [5.74, 6) is -0.0188. The van der Waals surface area contributed by atoms with E-state index in [1.807, 2.05) is 14.0 Å². The minimum atomic E-state index is -0.0188. The molecule has 7 heteroatoms. The minimum Gasteiger partial charge on any atom is -0.325 e. The molecule has 18 heavy (non-hydrogen) atoms. The summed E-state index contributed by atoms with van der Waals surface area (Å²) < 4.78 is 2.60. The van der Waals surface area contributed by atoms with Crippen LogP contribution in [0.3, 0.4) is 0 Å². The number of nitrogens with two attached hydrogens (primary N) is 1. The van der Waals surface area contributed by atoms with E-state index in [1.165, 1.54) is 11.3 Å². The number of aryl methyl sites for hydroxylation is 2. The Bertz CT molecular complexity index is 590. The number of rotatable bonds is 4. The number of carbonyl (C=O) groups is 1. The fourth-order valence-electron chi connectivity index (χ4n) is 1.65. The summed E-state index contributed by atoms with van der Waals surface area (Å²) >= 11 is 4.86. The largest absolute Gasteiger partial charge is 0.325 e. The van der Waals surface area contributed by atoms with E-state index in [1.54, 1.807) is 10.1 Å². The summed E-state index contributed by atoms with van der Waals surface area (Å²) in [4.78, 5) is 16.3. The van der Waals surface area contributed by atoms with Gasteiger partial charge in [0.2, 0.25) is 0 Å². The van der Waals surface area contributed by atoms with Crippen LogP contribution < -0.4 is 5.73 Å². The Balaban J connectivity index is 2.21. The van der Waals surface area contributed by atoms with Crippen molar-refractivity contribution in [3.8, 4) is 0 Å². The second kappa shape index (κ2) is 5.29. The molecule has 0 aliphatic heterocycles. The molecule has 0 aliphatic rings. The van der Waals surface area contributed by atoms with Crippen molar-refractivity contribution in [2.75, 3.05) is 0 Å². The average Bonchev–Trinajstić information content (AvgIpc) is 2.90. The van der Waals surface area contributed by atoms with Gasteiger partial charge in [0.15, 0.2) is 5.78 Å². The van der Waals surface area contributed by atoms with Gasteiger partial charge in [-0.25, -0.2) is 4.98 Å². The first-order valence-corrected chi connectivity index (χ1v) is 7.05. The van der Waals surface area contributed by atoms with Gasteiger partial charge in [-0.05, 0) is 22.9 Å². The second-order valence-corrected chi connectivity index (χ2v) is 5.64. The van der Waals surface area contributed by atoms with Gasteiger partial charge in [0.05, 0.1) is 22.3 Å².